The van der Waals surface area contributed by atoms with E-state index in [0.717, 1.165) is 18.4 Å². The lowest BCUT2D eigenvalue weighted by molar-refractivity contribution is -0.138. The highest BCUT2D eigenvalue weighted by molar-refractivity contribution is 5.80. The van der Waals surface area contributed by atoms with E-state index in [1.54, 1.807) is 0 Å². The molecule has 1 saturated heterocycles. The van der Waals surface area contributed by atoms with Crippen LogP contribution in [0.25, 0.3) is 0 Å². The van der Waals surface area contributed by atoms with Crippen LogP contribution in [0, 0.1) is 11.7 Å². The fourth-order valence-electron chi connectivity index (χ4n) is 4.77. The summed E-state index contributed by atoms with van der Waals surface area (Å²) >= 11 is 0. The Labute approximate surface area is 180 Å². The van der Waals surface area contributed by atoms with Crippen LogP contribution in [0.1, 0.15) is 36.8 Å². The lowest BCUT2D eigenvalue weighted by atomic mass is 9.79. The second kappa shape index (κ2) is 9.71. The Kier molecular flexibility index (Phi) is 7.27. The molecule has 5 heteroatoms. The quantitative estimate of drug-likeness (QED) is 0.752. The van der Waals surface area contributed by atoms with Gasteiger partial charge in [0.15, 0.2) is 0 Å². The van der Waals surface area contributed by atoms with Crippen molar-refractivity contribution in [2.24, 2.45) is 5.92 Å². The summed E-state index contributed by atoms with van der Waals surface area (Å²) < 4.78 is 13.5. The first-order chi connectivity index (χ1) is 14.4. The predicted octanol–water partition coefficient (Wildman–Crippen LogP) is 3.84. The number of halogens is 1. The minimum absolute atomic E-state index is 0.102. The van der Waals surface area contributed by atoms with Gasteiger partial charge in [-0.15, -0.1) is 0 Å². The third-order valence-corrected chi connectivity index (χ3v) is 6.81. The maximum atomic E-state index is 13.5. The molecule has 1 heterocycles. The zero-order chi connectivity index (χ0) is 21.7. The van der Waals surface area contributed by atoms with Crippen molar-refractivity contribution < 1.29 is 9.18 Å². The molecule has 4 nitrogen and oxygen atoms in total. The van der Waals surface area contributed by atoms with E-state index in [4.69, 9.17) is 0 Å². The topological polar surface area (TPSA) is 35.6 Å². The Balaban J connectivity index is 1.75. The van der Waals surface area contributed by atoms with Crippen molar-refractivity contribution in [2.75, 3.05) is 40.8 Å². The molecule has 1 fully saturated rings. The van der Waals surface area contributed by atoms with Gasteiger partial charge in [0.1, 0.15) is 5.82 Å². The molecule has 1 N–H and O–H groups in total. The molecule has 0 aliphatic carbocycles. The largest absolute Gasteiger partial charge is 0.342 e. The minimum Gasteiger partial charge on any atom is -0.342 e. The number of carbonyl (C=O) groups excluding carboxylic acids is 1. The van der Waals surface area contributed by atoms with Crippen molar-refractivity contribution in [2.45, 2.75) is 31.2 Å². The first kappa shape index (κ1) is 22.4. The molecule has 0 aromatic heterocycles. The van der Waals surface area contributed by atoms with Gasteiger partial charge in [0.05, 0.1) is 5.92 Å². The van der Waals surface area contributed by atoms with Crippen LogP contribution in [0.15, 0.2) is 54.6 Å². The highest BCUT2D eigenvalue weighted by Gasteiger charge is 2.41. The summed E-state index contributed by atoms with van der Waals surface area (Å²) in [6.45, 7) is 4.20. The van der Waals surface area contributed by atoms with E-state index in [-0.39, 0.29) is 29.1 Å². The van der Waals surface area contributed by atoms with Crippen molar-refractivity contribution in [1.29, 1.82) is 0 Å². The van der Waals surface area contributed by atoms with Crippen LogP contribution in [-0.4, -0.2) is 56.5 Å². The van der Waals surface area contributed by atoms with Crippen LogP contribution in [0.3, 0.4) is 0 Å². The number of benzene rings is 2. The smallest absolute Gasteiger partial charge is 0.227 e. The number of hydrogen-bond acceptors (Lipinski definition) is 3. The van der Waals surface area contributed by atoms with Gasteiger partial charge in [-0.2, -0.15) is 0 Å². The van der Waals surface area contributed by atoms with Crippen LogP contribution in [0.4, 0.5) is 4.39 Å². The summed E-state index contributed by atoms with van der Waals surface area (Å²) in [6.07, 6.45) is 1.67. The summed E-state index contributed by atoms with van der Waals surface area (Å²) in [4.78, 5) is 17.7. The third kappa shape index (κ3) is 4.57. The van der Waals surface area contributed by atoms with Crippen LogP contribution in [0.5, 0.6) is 0 Å². The van der Waals surface area contributed by atoms with Crippen molar-refractivity contribution >= 4 is 5.91 Å². The maximum Gasteiger partial charge on any atom is 0.227 e. The number of carbonyl (C=O) groups is 1. The fraction of sp³-hybridized carbons (Fsp3) is 0.480. The molecular weight excluding hydrogens is 377 g/mol. The monoisotopic (exact) mass is 411 g/mol. The summed E-state index contributed by atoms with van der Waals surface area (Å²) in [7, 11) is 6.05. The molecule has 1 amide bonds. The van der Waals surface area contributed by atoms with Gasteiger partial charge in [0.2, 0.25) is 5.91 Å². The molecule has 0 radical (unpaired) electrons. The van der Waals surface area contributed by atoms with Crippen molar-refractivity contribution in [1.82, 2.24) is 15.1 Å². The molecule has 3 rings (SSSR count). The van der Waals surface area contributed by atoms with E-state index in [1.165, 1.54) is 17.7 Å². The van der Waals surface area contributed by atoms with Crippen LogP contribution >= 0.6 is 0 Å². The standard InChI is InChI=1S/C25H34FN3O/c1-19(20-8-6-5-7-9-20)23(18-27-2)24(30)29-16-14-25(15-17-29,28(3)4)21-10-12-22(26)13-11-21/h5-13,19,23,27H,14-18H2,1-4H3/t19-,23+/m0/s1. The third-order valence-electron chi connectivity index (χ3n) is 6.81. The number of rotatable bonds is 7. The van der Waals surface area contributed by atoms with Gasteiger partial charge in [-0.3, -0.25) is 9.69 Å². The van der Waals surface area contributed by atoms with Crippen LogP contribution in [0.2, 0.25) is 0 Å². The molecule has 0 saturated carbocycles. The van der Waals surface area contributed by atoms with E-state index in [0.29, 0.717) is 19.6 Å². The molecule has 1 aliphatic heterocycles. The average Bonchev–Trinajstić information content (AvgIpc) is 2.77. The van der Waals surface area contributed by atoms with Crippen LogP contribution in [-0.2, 0) is 10.3 Å². The maximum absolute atomic E-state index is 13.5. The Hall–Kier alpha value is -2.24. The highest BCUT2D eigenvalue weighted by Crippen LogP contribution is 2.38. The Morgan fingerprint density at radius 1 is 1.10 bits per heavy atom. The molecule has 2 aromatic carbocycles. The second-order valence-corrected chi connectivity index (χ2v) is 8.62. The number of likely N-dealkylation sites (tertiary alicyclic amines) is 1. The zero-order valence-corrected chi connectivity index (χ0v) is 18.6. The Morgan fingerprint density at radius 3 is 2.23 bits per heavy atom. The van der Waals surface area contributed by atoms with Crippen molar-refractivity contribution in [3.05, 3.63) is 71.5 Å². The molecule has 0 bridgehead atoms. The summed E-state index contributed by atoms with van der Waals surface area (Å²) in [5.74, 6) is 0.0381. The lowest BCUT2D eigenvalue weighted by Crippen LogP contribution is -2.53. The number of piperidine rings is 1. The van der Waals surface area contributed by atoms with Gasteiger partial charge in [-0.05, 0) is 63.2 Å². The summed E-state index contributed by atoms with van der Waals surface area (Å²) in [5.41, 5.74) is 2.14. The van der Waals surface area contributed by atoms with Gasteiger partial charge < -0.3 is 10.2 Å². The number of nitrogens with zero attached hydrogens (tertiary/aromatic N) is 2. The minimum atomic E-state index is -0.218. The van der Waals surface area contributed by atoms with E-state index in [1.807, 2.05) is 42.3 Å². The summed E-state index contributed by atoms with van der Waals surface area (Å²) in [6, 6.07) is 17.1. The Morgan fingerprint density at radius 2 is 1.70 bits per heavy atom. The van der Waals surface area contributed by atoms with Crippen molar-refractivity contribution in [3.63, 3.8) is 0 Å². The normalized spacial score (nSPS) is 18.3. The highest BCUT2D eigenvalue weighted by atomic mass is 19.1. The zero-order valence-electron chi connectivity index (χ0n) is 18.6. The predicted molar refractivity (Wildman–Crippen MR) is 120 cm³/mol. The van der Waals surface area contributed by atoms with E-state index < -0.39 is 0 Å². The van der Waals surface area contributed by atoms with Gasteiger partial charge in [-0.1, -0.05) is 49.4 Å². The molecule has 1 aliphatic rings. The molecule has 2 aromatic rings. The van der Waals surface area contributed by atoms with Gasteiger partial charge in [0, 0.05) is 25.2 Å². The number of nitrogens with one attached hydrogen (secondary N) is 1. The molecule has 0 unspecified atom stereocenters. The fourth-order valence-corrected chi connectivity index (χ4v) is 4.77. The molecule has 162 valence electrons. The molecular formula is C25H34FN3O. The first-order valence-electron chi connectivity index (χ1n) is 10.8. The molecule has 0 spiro atoms. The lowest BCUT2D eigenvalue weighted by Gasteiger charge is -2.47. The van der Waals surface area contributed by atoms with Gasteiger partial charge in [-0.25, -0.2) is 4.39 Å². The van der Waals surface area contributed by atoms with Crippen LogP contribution < -0.4 is 5.32 Å². The second-order valence-electron chi connectivity index (χ2n) is 8.62. The first-order valence-corrected chi connectivity index (χ1v) is 10.8. The summed E-state index contributed by atoms with van der Waals surface area (Å²) in [5, 5.41) is 3.21. The van der Waals surface area contributed by atoms with E-state index in [2.05, 4.69) is 43.4 Å². The van der Waals surface area contributed by atoms with E-state index >= 15 is 0 Å². The average molecular weight is 412 g/mol. The Bertz CT molecular complexity index is 814. The van der Waals surface area contributed by atoms with Gasteiger partial charge >= 0.3 is 0 Å². The van der Waals surface area contributed by atoms with E-state index in [9.17, 15) is 9.18 Å². The number of amides is 1. The van der Waals surface area contributed by atoms with Crippen molar-refractivity contribution in [3.8, 4) is 0 Å². The SMILES string of the molecule is CNC[C@@H](C(=O)N1CCC(c2ccc(F)cc2)(N(C)C)CC1)[C@@H](C)c1ccccc1. The number of hydrogen-bond donors (Lipinski definition) is 1. The molecule has 2 atom stereocenters. The molecule has 30 heavy (non-hydrogen) atoms. The van der Waals surface area contributed by atoms with Gasteiger partial charge in [0.25, 0.3) is 0 Å².